The van der Waals surface area contributed by atoms with Gasteiger partial charge in [-0.15, -0.1) is 0 Å². The maximum absolute atomic E-state index is 12.3. The number of nitrogens with zero attached hydrogens (tertiary/aromatic N) is 1. The summed E-state index contributed by atoms with van der Waals surface area (Å²) in [5.41, 5.74) is 3.97. The van der Waals surface area contributed by atoms with E-state index in [0.29, 0.717) is 19.5 Å². The van der Waals surface area contributed by atoms with E-state index in [1.807, 2.05) is 24.8 Å². The molecular weight excluding hydrogens is 302 g/mol. The minimum Gasteiger partial charge on any atom is -0.357 e. The maximum atomic E-state index is 12.3. The van der Waals surface area contributed by atoms with Crippen LogP contribution in [0.15, 0.2) is 23.0 Å². The molecule has 2 N–H and O–H groups in total. The van der Waals surface area contributed by atoms with E-state index >= 15 is 0 Å². The van der Waals surface area contributed by atoms with Crippen LogP contribution in [0.3, 0.4) is 0 Å². The number of nitrogens with one attached hydrogen (secondary N) is 2. The zero-order valence-electron chi connectivity index (χ0n) is 14.4. The van der Waals surface area contributed by atoms with Gasteiger partial charge in [-0.1, -0.05) is 6.07 Å². The highest BCUT2D eigenvalue weighted by Gasteiger charge is 2.16. The number of H-pyrrole nitrogens is 1. The first-order valence-corrected chi connectivity index (χ1v) is 8.66. The predicted molar refractivity (Wildman–Crippen MR) is 96.2 cm³/mol. The molecule has 128 valence electrons. The summed E-state index contributed by atoms with van der Waals surface area (Å²) in [6, 6.07) is 5.65. The van der Waals surface area contributed by atoms with Gasteiger partial charge in [-0.3, -0.25) is 9.59 Å². The van der Waals surface area contributed by atoms with Gasteiger partial charge in [-0.2, -0.15) is 0 Å². The normalized spacial score (nSPS) is 14.5. The number of aryl methyl sites for hydroxylation is 2. The van der Waals surface area contributed by atoms with Gasteiger partial charge in [0.1, 0.15) is 0 Å². The van der Waals surface area contributed by atoms with E-state index in [2.05, 4.69) is 16.4 Å². The Morgan fingerprint density at radius 3 is 2.71 bits per heavy atom. The summed E-state index contributed by atoms with van der Waals surface area (Å²) >= 11 is 0. The topological polar surface area (TPSA) is 65.2 Å². The first-order valence-electron chi connectivity index (χ1n) is 8.66. The molecule has 0 aliphatic carbocycles. The molecule has 3 rings (SSSR count). The van der Waals surface area contributed by atoms with Crippen LogP contribution in [0.2, 0.25) is 0 Å². The van der Waals surface area contributed by atoms with E-state index in [4.69, 9.17) is 0 Å². The molecule has 1 amide bonds. The van der Waals surface area contributed by atoms with Crippen molar-refractivity contribution in [2.45, 2.75) is 39.7 Å². The third-order valence-corrected chi connectivity index (χ3v) is 4.63. The van der Waals surface area contributed by atoms with E-state index < -0.39 is 0 Å². The Morgan fingerprint density at radius 2 is 1.96 bits per heavy atom. The Hall–Kier alpha value is -2.14. The monoisotopic (exact) mass is 327 g/mol. The number of amides is 1. The van der Waals surface area contributed by atoms with Gasteiger partial charge in [-0.05, 0) is 43.9 Å². The van der Waals surface area contributed by atoms with Gasteiger partial charge in [0.05, 0.1) is 5.52 Å². The van der Waals surface area contributed by atoms with E-state index in [1.165, 1.54) is 0 Å². The number of fused-ring (bicyclic) bond motifs is 1. The van der Waals surface area contributed by atoms with Crippen molar-refractivity contribution >= 4 is 16.8 Å². The van der Waals surface area contributed by atoms with Crippen molar-refractivity contribution in [1.29, 1.82) is 0 Å². The van der Waals surface area contributed by atoms with Gasteiger partial charge < -0.3 is 15.2 Å². The highest BCUT2D eigenvalue weighted by molar-refractivity contribution is 5.82. The van der Waals surface area contributed by atoms with Gasteiger partial charge in [0.15, 0.2) is 5.43 Å². The number of rotatable bonds is 5. The molecule has 0 bridgehead atoms. The summed E-state index contributed by atoms with van der Waals surface area (Å²) in [7, 11) is 0. The molecule has 0 atom stereocenters. The predicted octanol–water partition coefficient (Wildman–Crippen LogP) is 2.25. The molecule has 0 unspecified atom stereocenters. The molecule has 0 saturated carbocycles. The van der Waals surface area contributed by atoms with Gasteiger partial charge in [0, 0.05) is 49.7 Å². The number of benzene rings is 1. The minimum absolute atomic E-state index is 0.0421. The van der Waals surface area contributed by atoms with E-state index in [-0.39, 0.29) is 11.3 Å². The SMILES string of the molecule is Cc1cc(C)c2[nH]c(CNCCC(=O)N3CCCC3)cc(=O)c2c1. The molecule has 24 heavy (non-hydrogen) atoms. The number of hydrogen-bond donors (Lipinski definition) is 2. The van der Waals surface area contributed by atoms with Crippen molar-refractivity contribution in [3.63, 3.8) is 0 Å². The fourth-order valence-electron chi connectivity index (χ4n) is 3.40. The molecule has 2 aromatic rings. The zero-order chi connectivity index (χ0) is 17.1. The van der Waals surface area contributed by atoms with Crippen LogP contribution in [0, 0.1) is 13.8 Å². The molecular formula is C19H25N3O2. The van der Waals surface area contributed by atoms with Gasteiger partial charge in [0.25, 0.3) is 0 Å². The Morgan fingerprint density at radius 1 is 1.21 bits per heavy atom. The second-order valence-corrected chi connectivity index (χ2v) is 6.68. The summed E-state index contributed by atoms with van der Waals surface area (Å²) in [6.45, 7) is 7.00. The van der Waals surface area contributed by atoms with E-state index in [0.717, 1.165) is 53.7 Å². The second-order valence-electron chi connectivity index (χ2n) is 6.68. The lowest BCUT2D eigenvalue weighted by Gasteiger charge is -2.15. The largest absolute Gasteiger partial charge is 0.357 e. The number of pyridine rings is 1. The van der Waals surface area contributed by atoms with Crippen LogP contribution in [0.25, 0.3) is 10.9 Å². The highest BCUT2D eigenvalue weighted by Crippen LogP contribution is 2.16. The molecule has 1 aliphatic heterocycles. The molecule has 1 saturated heterocycles. The van der Waals surface area contributed by atoms with Crippen LogP contribution >= 0.6 is 0 Å². The Bertz CT molecular complexity index is 804. The fourth-order valence-corrected chi connectivity index (χ4v) is 3.40. The van der Waals surface area contributed by atoms with Crippen molar-refractivity contribution in [2.75, 3.05) is 19.6 Å². The lowest BCUT2D eigenvalue weighted by Crippen LogP contribution is -2.30. The van der Waals surface area contributed by atoms with Crippen molar-refractivity contribution in [1.82, 2.24) is 15.2 Å². The fraction of sp³-hybridized carbons (Fsp3) is 0.474. The Balaban J connectivity index is 1.61. The number of likely N-dealkylation sites (tertiary alicyclic amines) is 1. The Kier molecular flexibility index (Phi) is 5.00. The van der Waals surface area contributed by atoms with Crippen molar-refractivity contribution in [3.05, 3.63) is 45.2 Å². The summed E-state index contributed by atoms with van der Waals surface area (Å²) < 4.78 is 0. The van der Waals surface area contributed by atoms with Crippen LogP contribution in [-0.2, 0) is 11.3 Å². The number of aromatic amines is 1. The molecule has 5 nitrogen and oxygen atoms in total. The molecule has 0 spiro atoms. The summed E-state index contributed by atoms with van der Waals surface area (Å²) in [5, 5.41) is 4.00. The number of carbonyl (C=O) groups is 1. The number of hydrogen-bond acceptors (Lipinski definition) is 3. The lowest BCUT2D eigenvalue weighted by atomic mass is 10.1. The Labute approximate surface area is 142 Å². The second kappa shape index (κ2) is 7.18. The molecule has 1 fully saturated rings. The van der Waals surface area contributed by atoms with Gasteiger partial charge in [0.2, 0.25) is 5.91 Å². The summed E-state index contributed by atoms with van der Waals surface area (Å²) in [5.74, 6) is 0.221. The van der Waals surface area contributed by atoms with Crippen LogP contribution < -0.4 is 10.7 Å². The van der Waals surface area contributed by atoms with Crippen LogP contribution in [0.4, 0.5) is 0 Å². The van der Waals surface area contributed by atoms with Crippen LogP contribution in [-0.4, -0.2) is 35.4 Å². The summed E-state index contributed by atoms with van der Waals surface area (Å²) in [6.07, 6.45) is 2.75. The third kappa shape index (κ3) is 3.67. The van der Waals surface area contributed by atoms with E-state index in [1.54, 1.807) is 6.07 Å². The average molecular weight is 327 g/mol. The van der Waals surface area contributed by atoms with Crippen molar-refractivity contribution in [2.24, 2.45) is 0 Å². The van der Waals surface area contributed by atoms with Gasteiger partial charge >= 0.3 is 0 Å². The number of aromatic nitrogens is 1. The summed E-state index contributed by atoms with van der Waals surface area (Å²) in [4.78, 5) is 29.6. The van der Waals surface area contributed by atoms with Gasteiger partial charge in [-0.25, -0.2) is 0 Å². The van der Waals surface area contributed by atoms with Crippen molar-refractivity contribution in [3.8, 4) is 0 Å². The van der Waals surface area contributed by atoms with E-state index in [9.17, 15) is 9.59 Å². The first-order chi connectivity index (χ1) is 11.5. The number of carbonyl (C=O) groups excluding carboxylic acids is 1. The maximum Gasteiger partial charge on any atom is 0.223 e. The zero-order valence-corrected chi connectivity index (χ0v) is 14.4. The third-order valence-electron chi connectivity index (χ3n) is 4.63. The lowest BCUT2D eigenvalue weighted by molar-refractivity contribution is -0.130. The molecule has 0 radical (unpaired) electrons. The molecule has 1 aliphatic rings. The van der Waals surface area contributed by atoms with Crippen LogP contribution in [0.5, 0.6) is 0 Å². The van der Waals surface area contributed by atoms with Crippen LogP contribution in [0.1, 0.15) is 36.1 Å². The minimum atomic E-state index is 0.0421. The molecule has 5 heteroatoms. The molecule has 1 aromatic heterocycles. The standard InChI is InChI=1S/C19H25N3O2/c1-13-9-14(2)19-16(10-13)17(23)11-15(21-19)12-20-6-5-18(24)22-7-3-4-8-22/h9-11,20H,3-8,12H2,1-2H3,(H,21,23). The van der Waals surface area contributed by atoms with Crippen molar-refractivity contribution < 1.29 is 4.79 Å². The first kappa shape index (κ1) is 16.7. The molecule has 2 heterocycles. The smallest absolute Gasteiger partial charge is 0.223 e. The highest BCUT2D eigenvalue weighted by atomic mass is 16.2. The molecule has 1 aromatic carbocycles. The average Bonchev–Trinajstić information content (AvgIpc) is 3.07. The quantitative estimate of drug-likeness (QED) is 0.828.